The van der Waals surface area contributed by atoms with Gasteiger partial charge in [0.15, 0.2) is 0 Å². The molecule has 1 atom stereocenters. The molecular formula is C29H31ClN4O. The first-order chi connectivity index (χ1) is 17.1. The minimum atomic E-state index is -0.376. The summed E-state index contributed by atoms with van der Waals surface area (Å²) >= 11 is 6.33. The number of halogens is 1. The number of likely N-dealkylation sites (tertiary alicyclic amines) is 1. The number of hydrogen-bond donors (Lipinski definition) is 1. The molecule has 0 aliphatic carbocycles. The van der Waals surface area contributed by atoms with Crippen LogP contribution in [0.15, 0.2) is 78.9 Å². The van der Waals surface area contributed by atoms with Gasteiger partial charge < -0.3 is 5.32 Å². The van der Waals surface area contributed by atoms with E-state index in [1.165, 1.54) is 5.56 Å². The van der Waals surface area contributed by atoms with Crippen LogP contribution >= 0.6 is 11.6 Å². The Morgan fingerprint density at radius 1 is 1.03 bits per heavy atom. The molecule has 180 valence electrons. The van der Waals surface area contributed by atoms with Crippen molar-refractivity contribution in [3.63, 3.8) is 0 Å². The summed E-state index contributed by atoms with van der Waals surface area (Å²) in [6.07, 6.45) is 2.58. The van der Waals surface area contributed by atoms with Crippen molar-refractivity contribution in [1.29, 1.82) is 0 Å². The number of carbonyl (C=O) groups is 1. The van der Waals surface area contributed by atoms with Gasteiger partial charge in [0.05, 0.1) is 5.52 Å². The normalized spacial score (nSPS) is 15.8. The maximum atomic E-state index is 13.5. The highest BCUT2D eigenvalue weighted by Gasteiger charge is 2.27. The highest BCUT2D eigenvalue weighted by atomic mass is 35.5. The minimum Gasteiger partial charge on any atom is -0.351 e. The van der Waals surface area contributed by atoms with Gasteiger partial charge in [0.1, 0.15) is 11.7 Å². The maximum Gasteiger partial charge on any atom is 0.245 e. The van der Waals surface area contributed by atoms with E-state index in [9.17, 15) is 4.79 Å². The third-order valence-electron chi connectivity index (χ3n) is 6.88. The summed E-state index contributed by atoms with van der Waals surface area (Å²) in [5, 5.41) is 9.88. The van der Waals surface area contributed by atoms with E-state index in [2.05, 4.69) is 40.5 Å². The molecule has 1 aliphatic rings. The third kappa shape index (κ3) is 5.26. The lowest BCUT2D eigenvalue weighted by Gasteiger charge is -2.33. The number of carbonyl (C=O) groups excluding carboxylic acids is 1. The zero-order valence-electron chi connectivity index (χ0n) is 20.0. The first kappa shape index (κ1) is 23.6. The Balaban J connectivity index is 1.31. The van der Waals surface area contributed by atoms with E-state index in [1.54, 1.807) is 0 Å². The van der Waals surface area contributed by atoms with Gasteiger partial charge in [-0.1, -0.05) is 79.2 Å². The molecule has 5 rings (SSSR count). The molecule has 0 saturated carbocycles. The number of rotatable bonds is 7. The van der Waals surface area contributed by atoms with Crippen LogP contribution in [0.25, 0.3) is 22.2 Å². The standard InChI is InChI=1S/C29H31ClN4O/c1-2-26(29(35)31-24-15-17-33(18-16-24)20-21-9-5-3-6-10-21)34-27-14-13-23(30)19-25(27)28(32-34)22-11-7-4-8-12-22/h3-14,19,24,26H,2,15-18,20H2,1H3,(H,31,35). The minimum absolute atomic E-state index is 0.0352. The molecule has 1 N–H and O–H groups in total. The van der Waals surface area contributed by atoms with E-state index in [0.29, 0.717) is 11.4 Å². The van der Waals surface area contributed by atoms with E-state index in [4.69, 9.17) is 16.7 Å². The largest absolute Gasteiger partial charge is 0.351 e. The van der Waals surface area contributed by atoms with Crippen molar-refractivity contribution >= 4 is 28.4 Å². The molecule has 0 spiro atoms. The lowest BCUT2D eigenvalue weighted by atomic mass is 10.0. The van der Waals surface area contributed by atoms with Crippen LogP contribution in [-0.4, -0.2) is 39.7 Å². The lowest BCUT2D eigenvalue weighted by Crippen LogP contribution is -2.46. The Morgan fingerprint density at radius 3 is 2.40 bits per heavy atom. The van der Waals surface area contributed by atoms with Crippen molar-refractivity contribution in [3.8, 4) is 11.3 Å². The van der Waals surface area contributed by atoms with Gasteiger partial charge in [0.2, 0.25) is 5.91 Å². The van der Waals surface area contributed by atoms with Crippen LogP contribution in [-0.2, 0) is 11.3 Å². The topological polar surface area (TPSA) is 50.2 Å². The molecule has 1 amide bonds. The fraction of sp³-hybridized carbons (Fsp3) is 0.310. The average Bonchev–Trinajstić information content (AvgIpc) is 3.25. The van der Waals surface area contributed by atoms with E-state index in [1.807, 2.05) is 60.1 Å². The van der Waals surface area contributed by atoms with Crippen LogP contribution in [0.4, 0.5) is 0 Å². The van der Waals surface area contributed by atoms with Gasteiger partial charge in [0, 0.05) is 41.6 Å². The Hall–Kier alpha value is -3.15. The van der Waals surface area contributed by atoms with Crippen molar-refractivity contribution in [3.05, 3.63) is 89.4 Å². The van der Waals surface area contributed by atoms with Crippen molar-refractivity contribution in [2.24, 2.45) is 0 Å². The molecule has 35 heavy (non-hydrogen) atoms. The maximum absolute atomic E-state index is 13.5. The number of amides is 1. The van der Waals surface area contributed by atoms with Crippen LogP contribution in [0.2, 0.25) is 5.02 Å². The number of aromatic nitrogens is 2. The summed E-state index contributed by atoms with van der Waals surface area (Å²) in [5.41, 5.74) is 4.12. The number of benzene rings is 3. The molecule has 1 aliphatic heterocycles. The second-order valence-electron chi connectivity index (χ2n) is 9.29. The molecule has 5 nitrogen and oxygen atoms in total. The molecule has 1 fully saturated rings. The van der Waals surface area contributed by atoms with E-state index in [-0.39, 0.29) is 18.0 Å². The van der Waals surface area contributed by atoms with Crippen LogP contribution in [0.1, 0.15) is 37.8 Å². The quantitative estimate of drug-likeness (QED) is 0.344. The number of nitrogens with one attached hydrogen (secondary N) is 1. The highest BCUT2D eigenvalue weighted by Crippen LogP contribution is 2.32. The molecule has 0 radical (unpaired) electrons. The smallest absolute Gasteiger partial charge is 0.245 e. The lowest BCUT2D eigenvalue weighted by molar-refractivity contribution is -0.125. The Labute approximate surface area is 211 Å². The van der Waals surface area contributed by atoms with Crippen molar-refractivity contribution in [2.45, 2.75) is 44.8 Å². The summed E-state index contributed by atoms with van der Waals surface area (Å²) in [7, 11) is 0. The summed E-state index contributed by atoms with van der Waals surface area (Å²) < 4.78 is 1.88. The predicted octanol–water partition coefficient (Wildman–Crippen LogP) is 6.09. The monoisotopic (exact) mass is 486 g/mol. The molecule has 2 heterocycles. The number of hydrogen-bond acceptors (Lipinski definition) is 3. The van der Waals surface area contributed by atoms with Crippen molar-refractivity contribution in [2.75, 3.05) is 13.1 Å². The van der Waals surface area contributed by atoms with Crippen molar-refractivity contribution in [1.82, 2.24) is 20.0 Å². The second kappa shape index (κ2) is 10.6. The first-order valence-corrected chi connectivity index (χ1v) is 12.8. The molecular weight excluding hydrogens is 456 g/mol. The van der Waals surface area contributed by atoms with Gasteiger partial charge in [-0.2, -0.15) is 5.10 Å². The molecule has 0 bridgehead atoms. The van der Waals surface area contributed by atoms with Gasteiger partial charge in [-0.05, 0) is 43.0 Å². The molecule has 1 saturated heterocycles. The zero-order chi connectivity index (χ0) is 24.2. The molecule has 6 heteroatoms. The Bertz CT molecular complexity index is 1280. The molecule has 1 aromatic heterocycles. The zero-order valence-corrected chi connectivity index (χ0v) is 20.8. The SMILES string of the molecule is CCC(C(=O)NC1CCN(Cc2ccccc2)CC1)n1nc(-c2ccccc2)c2cc(Cl)ccc21. The van der Waals surface area contributed by atoms with Gasteiger partial charge in [-0.3, -0.25) is 14.4 Å². The molecule has 3 aromatic carbocycles. The van der Waals surface area contributed by atoms with Gasteiger partial charge in [0.25, 0.3) is 0 Å². The van der Waals surface area contributed by atoms with Gasteiger partial charge >= 0.3 is 0 Å². The third-order valence-corrected chi connectivity index (χ3v) is 7.12. The second-order valence-corrected chi connectivity index (χ2v) is 9.73. The number of nitrogens with zero attached hydrogens (tertiary/aromatic N) is 3. The fourth-order valence-electron chi connectivity index (χ4n) is 5.00. The Morgan fingerprint density at radius 2 is 1.71 bits per heavy atom. The van der Waals surface area contributed by atoms with E-state index >= 15 is 0 Å². The van der Waals surface area contributed by atoms with Gasteiger partial charge in [-0.25, -0.2) is 0 Å². The average molecular weight is 487 g/mol. The predicted molar refractivity (Wildman–Crippen MR) is 142 cm³/mol. The summed E-state index contributed by atoms with van der Waals surface area (Å²) in [6.45, 7) is 4.97. The summed E-state index contributed by atoms with van der Waals surface area (Å²) in [5.74, 6) is 0.0352. The van der Waals surface area contributed by atoms with Gasteiger partial charge in [-0.15, -0.1) is 0 Å². The highest BCUT2D eigenvalue weighted by molar-refractivity contribution is 6.31. The van der Waals surface area contributed by atoms with E-state index in [0.717, 1.165) is 54.6 Å². The molecule has 4 aromatic rings. The van der Waals surface area contributed by atoms with Crippen molar-refractivity contribution < 1.29 is 4.79 Å². The van der Waals surface area contributed by atoms with E-state index < -0.39 is 0 Å². The fourth-order valence-corrected chi connectivity index (χ4v) is 5.18. The van der Waals surface area contributed by atoms with Crippen LogP contribution in [0.5, 0.6) is 0 Å². The first-order valence-electron chi connectivity index (χ1n) is 12.4. The number of fused-ring (bicyclic) bond motifs is 1. The van der Waals surface area contributed by atoms with Crippen LogP contribution in [0, 0.1) is 0 Å². The molecule has 1 unspecified atom stereocenters. The van der Waals surface area contributed by atoms with Crippen LogP contribution in [0.3, 0.4) is 0 Å². The summed E-state index contributed by atoms with van der Waals surface area (Å²) in [6, 6.07) is 26.2. The van der Waals surface area contributed by atoms with Crippen LogP contribution < -0.4 is 5.32 Å². The number of piperidine rings is 1. The Kier molecular flexibility index (Phi) is 7.16. The summed E-state index contributed by atoms with van der Waals surface area (Å²) in [4.78, 5) is 15.9.